The molecule has 1 aliphatic heterocycles. The number of hydrogen-bond donors (Lipinski definition) is 3. The molecule has 0 spiro atoms. The van der Waals surface area contributed by atoms with E-state index in [1.165, 1.54) is 24.3 Å². The third-order valence-electron chi connectivity index (χ3n) is 3.52. The van der Waals surface area contributed by atoms with Crippen LogP contribution >= 0.6 is 0 Å². The summed E-state index contributed by atoms with van der Waals surface area (Å²) < 4.78 is 5.14. The molecule has 4 N–H and O–H groups in total. The summed E-state index contributed by atoms with van der Waals surface area (Å²) in [7, 11) is 0. The van der Waals surface area contributed by atoms with E-state index in [4.69, 9.17) is 10.5 Å². The second-order valence-corrected chi connectivity index (χ2v) is 4.90. The molecule has 7 heteroatoms. The van der Waals surface area contributed by atoms with Crippen LogP contribution in [0.5, 0.6) is 0 Å². The van der Waals surface area contributed by atoms with Gasteiger partial charge in [0.1, 0.15) is 5.54 Å². The van der Waals surface area contributed by atoms with Gasteiger partial charge in [0.2, 0.25) is 5.91 Å². The van der Waals surface area contributed by atoms with Crippen molar-refractivity contribution in [3.8, 4) is 0 Å². The molecule has 0 aromatic heterocycles. The maximum Gasteiger partial charge on any atom is 0.329 e. The van der Waals surface area contributed by atoms with Crippen molar-refractivity contribution in [1.29, 1.82) is 0 Å². The van der Waals surface area contributed by atoms with Gasteiger partial charge in [0.25, 0.3) is 5.91 Å². The van der Waals surface area contributed by atoms with Crippen molar-refractivity contribution in [2.45, 2.75) is 18.4 Å². The van der Waals surface area contributed by atoms with Crippen molar-refractivity contribution in [3.63, 3.8) is 0 Å². The highest BCUT2D eigenvalue weighted by atomic mass is 16.5. The highest BCUT2D eigenvalue weighted by Crippen LogP contribution is 2.22. The first kappa shape index (κ1) is 15.0. The fourth-order valence-electron chi connectivity index (χ4n) is 2.22. The minimum absolute atomic E-state index is 0.193. The van der Waals surface area contributed by atoms with Gasteiger partial charge in [-0.05, 0) is 18.2 Å². The number of carbonyl (C=O) groups is 3. The largest absolute Gasteiger partial charge is 0.480 e. The van der Waals surface area contributed by atoms with Crippen molar-refractivity contribution in [1.82, 2.24) is 5.32 Å². The number of carboxylic acid groups (broad SMARTS) is 1. The molecule has 1 heterocycles. The van der Waals surface area contributed by atoms with Crippen molar-refractivity contribution in [2.75, 3.05) is 13.2 Å². The lowest BCUT2D eigenvalue weighted by molar-refractivity contribution is -0.148. The molecule has 7 nitrogen and oxygen atoms in total. The molecule has 2 amide bonds. The molecular formula is C14H16N2O5. The van der Waals surface area contributed by atoms with E-state index in [0.717, 1.165) is 0 Å². The molecule has 0 atom stereocenters. The molecule has 1 aromatic carbocycles. The molecule has 1 aromatic rings. The maximum absolute atomic E-state index is 12.2. The Morgan fingerprint density at radius 2 is 1.81 bits per heavy atom. The van der Waals surface area contributed by atoms with Crippen molar-refractivity contribution in [2.24, 2.45) is 5.73 Å². The molecule has 0 radical (unpaired) electrons. The predicted octanol–water partition coefficient (Wildman–Crippen LogP) is 0.149. The molecule has 1 saturated heterocycles. The van der Waals surface area contributed by atoms with Gasteiger partial charge in [-0.25, -0.2) is 4.79 Å². The third kappa shape index (κ3) is 3.19. The number of aliphatic carboxylic acids is 1. The molecule has 0 saturated carbocycles. The molecular weight excluding hydrogens is 276 g/mol. The molecule has 112 valence electrons. The molecule has 2 rings (SSSR count). The van der Waals surface area contributed by atoms with Crippen molar-refractivity contribution < 1.29 is 24.2 Å². The molecule has 0 unspecified atom stereocenters. The number of benzene rings is 1. The topological polar surface area (TPSA) is 119 Å². The SMILES string of the molecule is NC(=O)c1cccc(C(=O)NC2(C(=O)O)CCOCC2)c1. The van der Waals surface area contributed by atoms with E-state index in [9.17, 15) is 19.5 Å². The predicted molar refractivity (Wildman–Crippen MR) is 72.8 cm³/mol. The highest BCUT2D eigenvalue weighted by Gasteiger charge is 2.41. The van der Waals surface area contributed by atoms with Gasteiger partial charge in [-0.15, -0.1) is 0 Å². The summed E-state index contributed by atoms with van der Waals surface area (Å²) in [4.78, 5) is 34.8. The Hall–Kier alpha value is -2.41. The Bertz CT molecular complexity index is 578. The Morgan fingerprint density at radius 3 is 2.38 bits per heavy atom. The number of rotatable bonds is 4. The van der Waals surface area contributed by atoms with Crippen LogP contribution in [0.2, 0.25) is 0 Å². The number of primary amides is 1. The zero-order chi connectivity index (χ0) is 15.5. The van der Waals surface area contributed by atoms with Gasteiger partial charge in [0, 0.05) is 37.2 Å². The fraction of sp³-hybridized carbons (Fsp3) is 0.357. The zero-order valence-electron chi connectivity index (χ0n) is 11.3. The Balaban J connectivity index is 2.21. The molecule has 0 aliphatic carbocycles. The van der Waals surface area contributed by atoms with Gasteiger partial charge in [-0.2, -0.15) is 0 Å². The van der Waals surface area contributed by atoms with Gasteiger partial charge >= 0.3 is 5.97 Å². The summed E-state index contributed by atoms with van der Waals surface area (Å²) in [5.41, 5.74) is 4.21. The normalized spacial score (nSPS) is 17.0. The van der Waals surface area contributed by atoms with Gasteiger partial charge in [-0.1, -0.05) is 6.07 Å². The van der Waals surface area contributed by atoms with E-state index < -0.39 is 23.3 Å². The first-order valence-corrected chi connectivity index (χ1v) is 6.48. The molecule has 0 bridgehead atoms. The monoisotopic (exact) mass is 292 g/mol. The van der Waals surface area contributed by atoms with Crippen LogP contribution in [-0.2, 0) is 9.53 Å². The van der Waals surface area contributed by atoms with Crippen LogP contribution in [-0.4, -0.2) is 41.6 Å². The van der Waals surface area contributed by atoms with E-state index in [1.807, 2.05) is 0 Å². The second-order valence-electron chi connectivity index (χ2n) is 4.90. The quantitative estimate of drug-likeness (QED) is 0.730. The Morgan fingerprint density at radius 1 is 1.19 bits per heavy atom. The number of carboxylic acids is 1. The minimum atomic E-state index is -1.34. The van der Waals surface area contributed by atoms with Crippen LogP contribution in [0.4, 0.5) is 0 Å². The van der Waals surface area contributed by atoms with Crippen LogP contribution in [0.1, 0.15) is 33.6 Å². The van der Waals surface area contributed by atoms with Gasteiger partial charge in [0.05, 0.1) is 0 Å². The van der Waals surface area contributed by atoms with Gasteiger partial charge < -0.3 is 20.9 Å². The molecule has 1 aliphatic rings. The summed E-state index contributed by atoms with van der Waals surface area (Å²) >= 11 is 0. The average Bonchev–Trinajstić information content (AvgIpc) is 2.48. The summed E-state index contributed by atoms with van der Waals surface area (Å²) in [5, 5.41) is 11.9. The Labute approximate surface area is 121 Å². The van der Waals surface area contributed by atoms with Crippen LogP contribution in [0.25, 0.3) is 0 Å². The Kier molecular flexibility index (Phi) is 4.23. The second kappa shape index (κ2) is 5.92. The van der Waals surface area contributed by atoms with E-state index in [-0.39, 0.29) is 37.2 Å². The highest BCUT2D eigenvalue weighted by molar-refractivity contribution is 6.01. The third-order valence-corrected chi connectivity index (χ3v) is 3.52. The average molecular weight is 292 g/mol. The summed E-state index contributed by atoms with van der Waals surface area (Å²) in [5.74, 6) is -2.30. The zero-order valence-corrected chi connectivity index (χ0v) is 11.3. The summed E-state index contributed by atoms with van der Waals surface area (Å²) in [6.07, 6.45) is 0.396. The molecule has 21 heavy (non-hydrogen) atoms. The maximum atomic E-state index is 12.2. The molecule has 1 fully saturated rings. The number of nitrogens with two attached hydrogens (primary N) is 1. The van der Waals surface area contributed by atoms with Gasteiger partial charge in [-0.3, -0.25) is 9.59 Å². The lowest BCUT2D eigenvalue weighted by atomic mass is 9.89. The van der Waals surface area contributed by atoms with E-state index >= 15 is 0 Å². The number of amides is 2. The smallest absolute Gasteiger partial charge is 0.329 e. The van der Waals surface area contributed by atoms with Crippen LogP contribution in [0.3, 0.4) is 0 Å². The standard InChI is InChI=1S/C14H16N2O5/c15-11(17)9-2-1-3-10(8-9)12(18)16-14(13(19)20)4-6-21-7-5-14/h1-3,8H,4-7H2,(H2,15,17)(H,16,18)(H,19,20). The van der Waals surface area contributed by atoms with Gasteiger partial charge in [0.15, 0.2) is 0 Å². The lowest BCUT2D eigenvalue weighted by Crippen LogP contribution is -2.57. The van der Waals surface area contributed by atoms with Crippen LogP contribution in [0, 0.1) is 0 Å². The fourth-order valence-corrected chi connectivity index (χ4v) is 2.22. The minimum Gasteiger partial charge on any atom is -0.480 e. The van der Waals surface area contributed by atoms with E-state index in [0.29, 0.717) is 0 Å². The number of nitrogens with one attached hydrogen (secondary N) is 1. The first-order valence-electron chi connectivity index (χ1n) is 6.48. The number of hydrogen-bond acceptors (Lipinski definition) is 4. The first-order chi connectivity index (χ1) is 9.94. The summed E-state index contributed by atoms with van der Waals surface area (Å²) in [6, 6.07) is 5.84. The number of carbonyl (C=O) groups excluding carboxylic acids is 2. The lowest BCUT2D eigenvalue weighted by Gasteiger charge is -2.33. The van der Waals surface area contributed by atoms with Crippen LogP contribution < -0.4 is 11.1 Å². The van der Waals surface area contributed by atoms with E-state index in [1.54, 1.807) is 0 Å². The number of ether oxygens (including phenoxy) is 1. The summed E-state index contributed by atoms with van der Waals surface area (Å²) in [6.45, 7) is 0.543. The van der Waals surface area contributed by atoms with Crippen molar-refractivity contribution >= 4 is 17.8 Å². The van der Waals surface area contributed by atoms with Crippen LogP contribution in [0.15, 0.2) is 24.3 Å². The van der Waals surface area contributed by atoms with E-state index in [2.05, 4.69) is 5.32 Å². The van der Waals surface area contributed by atoms with Crippen molar-refractivity contribution in [3.05, 3.63) is 35.4 Å².